The van der Waals surface area contributed by atoms with Gasteiger partial charge in [-0.25, -0.2) is 0 Å². The monoisotopic (exact) mass is 362 g/mol. The van der Waals surface area contributed by atoms with Crippen LogP contribution < -0.4 is 15.2 Å². The summed E-state index contributed by atoms with van der Waals surface area (Å²) in [6, 6.07) is 3.41. The van der Waals surface area contributed by atoms with Gasteiger partial charge < -0.3 is 20.1 Å². The van der Waals surface area contributed by atoms with Crippen LogP contribution in [0.3, 0.4) is 0 Å². The highest BCUT2D eigenvalue weighted by molar-refractivity contribution is 7.98. The van der Waals surface area contributed by atoms with Gasteiger partial charge in [-0.15, -0.1) is 24.2 Å². The molecule has 1 atom stereocenters. The summed E-state index contributed by atoms with van der Waals surface area (Å²) in [7, 11) is 4.99. The lowest BCUT2D eigenvalue weighted by atomic mass is 10.1. The molecule has 23 heavy (non-hydrogen) atoms. The van der Waals surface area contributed by atoms with Gasteiger partial charge in [-0.2, -0.15) is 0 Å². The molecule has 0 radical (unpaired) electrons. The molecule has 0 aliphatic rings. The van der Waals surface area contributed by atoms with E-state index >= 15 is 0 Å². The number of likely N-dealkylation sites (N-methyl/N-ethyl adjacent to an activating group) is 1. The van der Waals surface area contributed by atoms with Gasteiger partial charge in [-0.1, -0.05) is 13.3 Å². The Hall–Kier alpha value is -1.11. The minimum atomic E-state index is -0.437. The molecule has 0 bridgehead atoms. The number of nitrogens with two attached hydrogens (primary N) is 1. The number of ether oxygens (including phenoxy) is 2. The first-order chi connectivity index (χ1) is 10.5. The summed E-state index contributed by atoms with van der Waals surface area (Å²) in [5, 5.41) is 0. The number of thioether (sulfide) groups is 1. The molecule has 0 aliphatic carbocycles. The zero-order valence-corrected chi connectivity index (χ0v) is 16.1. The summed E-state index contributed by atoms with van der Waals surface area (Å²) in [6.45, 7) is 2.51. The molecule has 0 spiro atoms. The summed E-state index contributed by atoms with van der Waals surface area (Å²) in [6.07, 6.45) is 3.59. The Kier molecular flexibility index (Phi) is 10.1. The second-order valence-electron chi connectivity index (χ2n) is 5.11. The first-order valence-corrected chi connectivity index (χ1v) is 8.50. The number of hydrogen-bond donors (Lipinski definition) is 1. The van der Waals surface area contributed by atoms with Crippen LogP contribution in [0.25, 0.3) is 0 Å². The summed E-state index contributed by atoms with van der Waals surface area (Å²) in [5.74, 6) is 1.31. The quantitative estimate of drug-likeness (QED) is 0.720. The van der Waals surface area contributed by atoms with E-state index in [0.29, 0.717) is 24.5 Å². The number of halogens is 1. The lowest BCUT2D eigenvalue weighted by molar-refractivity contribution is -0.132. The highest BCUT2D eigenvalue weighted by Gasteiger charge is 2.19. The molecule has 0 saturated carbocycles. The average Bonchev–Trinajstić information content (AvgIpc) is 2.53. The third-order valence-electron chi connectivity index (χ3n) is 3.49. The third kappa shape index (κ3) is 5.79. The third-order valence-corrected chi connectivity index (χ3v) is 4.31. The van der Waals surface area contributed by atoms with Gasteiger partial charge in [0.25, 0.3) is 0 Å². The van der Waals surface area contributed by atoms with Crippen LogP contribution >= 0.6 is 24.2 Å². The molecule has 5 nitrogen and oxygen atoms in total. The molecule has 1 aromatic carbocycles. The molecule has 1 aromatic rings. The van der Waals surface area contributed by atoms with Crippen molar-refractivity contribution >= 4 is 30.1 Å². The highest BCUT2D eigenvalue weighted by atomic mass is 35.5. The maximum absolute atomic E-state index is 12.3. The van der Waals surface area contributed by atoms with Crippen LogP contribution in [0.5, 0.6) is 11.5 Å². The van der Waals surface area contributed by atoms with Crippen molar-refractivity contribution in [2.24, 2.45) is 5.73 Å². The van der Waals surface area contributed by atoms with Crippen molar-refractivity contribution in [2.75, 3.05) is 27.5 Å². The van der Waals surface area contributed by atoms with Gasteiger partial charge in [0.2, 0.25) is 5.91 Å². The van der Waals surface area contributed by atoms with Crippen molar-refractivity contribution < 1.29 is 14.3 Å². The maximum atomic E-state index is 12.3. The van der Waals surface area contributed by atoms with Crippen molar-refractivity contribution in [3.05, 3.63) is 17.7 Å². The molecule has 132 valence electrons. The summed E-state index contributed by atoms with van der Waals surface area (Å²) >= 11 is 1.61. The number of carbonyl (C=O) groups excluding carboxylic acids is 1. The molecule has 0 aromatic heterocycles. The van der Waals surface area contributed by atoms with Crippen LogP contribution in [0.2, 0.25) is 0 Å². The van der Waals surface area contributed by atoms with Crippen LogP contribution in [0.15, 0.2) is 17.0 Å². The van der Waals surface area contributed by atoms with Crippen LogP contribution in [-0.4, -0.2) is 44.4 Å². The summed E-state index contributed by atoms with van der Waals surface area (Å²) in [4.78, 5) is 15.0. The van der Waals surface area contributed by atoms with E-state index in [2.05, 4.69) is 0 Å². The summed E-state index contributed by atoms with van der Waals surface area (Å²) in [5.41, 5.74) is 6.93. The topological polar surface area (TPSA) is 64.8 Å². The number of methoxy groups -OCH3 is 2. The Bertz CT molecular complexity index is 514. The summed E-state index contributed by atoms with van der Waals surface area (Å²) < 4.78 is 10.7. The van der Waals surface area contributed by atoms with E-state index in [1.165, 1.54) is 0 Å². The van der Waals surface area contributed by atoms with Gasteiger partial charge in [0, 0.05) is 18.5 Å². The van der Waals surface area contributed by atoms with Crippen molar-refractivity contribution in [1.82, 2.24) is 4.90 Å². The van der Waals surface area contributed by atoms with E-state index in [9.17, 15) is 4.79 Å². The Morgan fingerprint density at radius 1 is 1.30 bits per heavy atom. The first-order valence-electron chi connectivity index (χ1n) is 7.27. The standard InChI is InChI=1S/C16H26N2O3S.ClH/c1-6-7-12(17)16(19)18(2)10-11-8-13(20-3)14(21-4)9-15(11)22-5;/h8-9,12H,6-7,10,17H2,1-5H3;1H. The van der Waals surface area contributed by atoms with E-state index < -0.39 is 6.04 Å². The molecule has 0 fully saturated rings. The minimum absolute atomic E-state index is 0. The Morgan fingerprint density at radius 3 is 2.35 bits per heavy atom. The number of amides is 1. The van der Waals surface area contributed by atoms with E-state index in [4.69, 9.17) is 15.2 Å². The number of rotatable bonds is 8. The zero-order valence-electron chi connectivity index (χ0n) is 14.4. The fourth-order valence-corrected chi connectivity index (χ4v) is 2.88. The molecule has 7 heteroatoms. The van der Waals surface area contributed by atoms with Gasteiger partial charge in [0.05, 0.1) is 20.3 Å². The molecule has 1 amide bonds. The zero-order chi connectivity index (χ0) is 16.7. The fraction of sp³-hybridized carbons (Fsp3) is 0.562. The van der Waals surface area contributed by atoms with Crippen LogP contribution in [-0.2, 0) is 11.3 Å². The Labute approximate surface area is 149 Å². The van der Waals surface area contributed by atoms with E-state index in [0.717, 1.165) is 16.9 Å². The van der Waals surface area contributed by atoms with Crippen molar-refractivity contribution in [2.45, 2.75) is 37.2 Å². The predicted octanol–water partition coefficient (Wildman–Crippen LogP) is 2.93. The number of benzene rings is 1. The van der Waals surface area contributed by atoms with Gasteiger partial charge in [-0.3, -0.25) is 4.79 Å². The van der Waals surface area contributed by atoms with Gasteiger partial charge in [-0.05, 0) is 30.4 Å². The molecule has 1 rings (SSSR count). The lowest BCUT2D eigenvalue weighted by Gasteiger charge is -2.23. The number of nitrogens with zero attached hydrogens (tertiary/aromatic N) is 1. The van der Waals surface area contributed by atoms with E-state index in [1.54, 1.807) is 37.9 Å². The van der Waals surface area contributed by atoms with Crippen LogP contribution in [0.1, 0.15) is 25.3 Å². The van der Waals surface area contributed by atoms with Crippen LogP contribution in [0, 0.1) is 0 Å². The Balaban J connectivity index is 0.00000484. The number of carbonyl (C=O) groups is 1. The SMILES string of the molecule is CCCC(N)C(=O)N(C)Cc1cc(OC)c(OC)cc1SC.Cl. The van der Waals surface area contributed by atoms with Gasteiger partial charge in [0.15, 0.2) is 11.5 Å². The van der Waals surface area contributed by atoms with Gasteiger partial charge >= 0.3 is 0 Å². The smallest absolute Gasteiger partial charge is 0.239 e. The minimum Gasteiger partial charge on any atom is -0.493 e. The molecule has 2 N–H and O–H groups in total. The van der Waals surface area contributed by atoms with Crippen LogP contribution in [0.4, 0.5) is 0 Å². The molecule has 0 heterocycles. The van der Waals surface area contributed by atoms with Crippen molar-refractivity contribution in [3.63, 3.8) is 0 Å². The van der Waals surface area contributed by atoms with Crippen molar-refractivity contribution in [1.29, 1.82) is 0 Å². The lowest BCUT2D eigenvalue weighted by Crippen LogP contribution is -2.41. The Morgan fingerprint density at radius 2 is 1.87 bits per heavy atom. The van der Waals surface area contributed by atoms with Gasteiger partial charge in [0.1, 0.15) is 0 Å². The van der Waals surface area contributed by atoms with E-state index in [-0.39, 0.29) is 18.3 Å². The maximum Gasteiger partial charge on any atom is 0.239 e. The molecular formula is C16H27ClN2O3S. The van der Waals surface area contributed by atoms with E-state index in [1.807, 2.05) is 25.3 Å². The molecule has 1 unspecified atom stereocenters. The second-order valence-corrected chi connectivity index (χ2v) is 5.96. The second kappa shape index (κ2) is 10.6. The highest BCUT2D eigenvalue weighted by Crippen LogP contribution is 2.35. The normalized spacial score (nSPS) is 11.4. The first kappa shape index (κ1) is 21.9. The largest absolute Gasteiger partial charge is 0.493 e. The molecular weight excluding hydrogens is 336 g/mol. The average molecular weight is 363 g/mol. The van der Waals surface area contributed by atoms with Crippen molar-refractivity contribution in [3.8, 4) is 11.5 Å². The molecule has 0 saturated heterocycles. The fourth-order valence-electron chi connectivity index (χ4n) is 2.27. The molecule has 0 aliphatic heterocycles. The number of hydrogen-bond acceptors (Lipinski definition) is 5. The predicted molar refractivity (Wildman–Crippen MR) is 97.9 cm³/mol.